The highest BCUT2D eigenvalue weighted by Crippen LogP contribution is 2.31. The molecule has 0 saturated heterocycles. The summed E-state index contributed by atoms with van der Waals surface area (Å²) in [5.41, 5.74) is 4.76. The third-order valence-electron chi connectivity index (χ3n) is 7.89. The minimum absolute atomic E-state index is 0.197. The molecule has 0 bridgehead atoms. The minimum Gasteiger partial charge on any atom is -0.489 e. The third kappa shape index (κ3) is 5.75. The first-order valence-corrected chi connectivity index (χ1v) is 15.6. The van der Waals surface area contributed by atoms with Crippen LogP contribution in [0.5, 0.6) is 5.75 Å². The van der Waals surface area contributed by atoms with Crippen molar-refractivity contribution in [2.75, 3.05) is 6.61 Å². The number of carbonyl (C=O) groups is 1. The summed E-state index contributed by atoms with van der Waals surface area (Å²) in [6.45, 7) is 8.54. The van der Waals surface area contributed by atoms with Gasteiger partial charge in [0.2, 0.25) is 0 Å². The van der Waals surface area contributed by atoms with Gasteiger partial charge in [0.1, 0.15) is 12.4 Å². The van der Waals surface area contributed by atoms with Gasteiger partial charge in [-0.05, 0) is 71.0 Å². The van der Waals surface area contributed by atoms with Gasteiger partial charge in [0.15, 0.2) is 4.80 Å². The van der Waals surface area contributed by atoms with Gasteiger partial charge >= 0.3 is 5.97 Å². The number of hydrogen-bond acceptors (Lipinski definition) is 6. The molecule has 6 rings (SSSR count). The number of hydrogen-bond donors (Lipinski definition) is 0. The number of thiazole rings is 1. The van der Waals surface area contributed by atoms with Gasteiger partial charge in [0, 0.05) is 0 Å². The van der Waals surface area contributed by atoms with Crippen LogP contribution in [0.3, 0.4) is 0 Å². The standard InChI is InChI=1S/C37H34N2O4S/c1-5-42-36(41)33-24(4)38-37-39(34(33)28-17-15-26(16-18-28)23(2)3)35(40)32(44-37)21-25-13-19-30(20-14-25)43-22-29-11-8-10-27-9-6-7-12-31(27)29/h6-21,23,34H,5,22H2,1-4H3/b32-21-/t34-/m1/s1. The van der Waals surface area contributed by atoms with Gasteiger partial charge in [-0.25, -0.2) is 9.79 Å². The molecule has 0 N–H and O–H groups in total. The second kappa shape index (κ2) is 12.5. The Labute approximate surface area is 260 Å². The molecule has 6 nitrogen and oxygen atoms in total. The van der Waals surface area contributed by atoms with E-state index in [0.29, 0.717) is 33.1 Å². The first-order chi connectivity index (χ1) is 21.3. The van der Waals surface area contributed by atoms with Crippen LogP contribution in [0.25, 0.3) is 16.8 Å². The van der Waals surface area contributed by atoms with Crippen LogP contribution >= 0.6 is 11.3 Å². The van der Waals surface area contributed by atoms with Gasteiger partial charge in [-0.15, -0.1) is 0 Å². The van der Waals surface area contributed by atoms with Crippen molar-refractivity contribution in [3.8, 4) is 5.75 Å². The monoisotopic (exact) mass is 602 g/mol. The van der Waals surface area contributed by atoms with Crippen LogP contribution in [-0.4, -0.2) is 17.1 Å². The van der Waals surface area contributed by atoms with Gasteiger partial charge in [-0.3, -0.25) is 9.36 Å². The molecule has 0 radical (unpaired) electrons. The fourth-order valence-electron chi connectivity index (χ4n) is 5.56. The van der Waals surface area contributed by atoms with Gasteiger partial charge in [-0.2, -0.15) is 0 Å². The number of nitrogens with zero attached hydrogens (tertiary/aromatic N) is 2. The second-order valence-corrected chi connectivity index (χ2v) is 12.1. The molecule has 7 heteroatoms. The lowest BCUT2D eigenvalue weighted by Crippen LogP contribution is -2.39. The van der Waals surface area contributed by atoms with Gasteiger partial charge < -0.3 is 9.47 Å². The maximum absolute atomic E-state index is 13.9. The molecular formula is C37H34N2O4S. The second-order valence-electron chi connectivity index (χ2n) is 11.1. The Balaban J connectivity index is 1.32. The van der Waals surface area contributed by atoms with Gasteiger partial charge in [0.25, 0.3) is 5.56 Å². The quantitative estimate of drug-likeness (QED) is 0.187. The predicted molar refractivity (Wildman–Crippen MR) is 176 cm³/mol. The highest BCUT2D eigenvalue weighted by molar-refractivity contribution is 7.07. The molecule has 44 heavy (non-hydrogen) atoms. The smallest absolute Gasteiger partial charge is 0.338 e. The van der Waals surface area contributed by atoms with Crippen LogP contribution in [0.1, 0.15) is 61.9 Å². The van der Waals surface area contributed by atoms with Crippen LogP contribution < -0.4 is 19.6 Å². The van der Waals surface area contributed by atoms with E-state index in [-0.39, 0.29) is 12.2 Å². The summed E-state index contributed by atoms with van der Waals surface area (Å²) in [5.74, 6) is 0.652. The number of ether oxygens (including phenoxy) is 2. The summed E-state index contributed by atoms with van der Waals surface area (Å²) in [6.07, 6.45) is 1.86. The van der Waals surface area contributed by atoms with Crippen LogP contribution in [0, 0.1) is 0 Å². The van der Waals surface area contributed by atoms with Crippen molar-refractivity contribution < 1.29 is 14.3 Å². The molecule has 4 aromatic carbocycles. The van der Waals surface area contributed by atoms with Crippen molar-refractivity contribution >= 4 is 34.2 Å². The molecule has 1 atom stereocenters. The Morgan fingerprint density at radius 2 is 1.70 bits per heavy atom. The zero-order chi connectivity index (χ0) is 30.8. The van der Waals surface area contributed by atoms with E-state index in [1.165, 1.54) is 27.7 Å². The third-order valence-corrected chi connectivity index (χ3v) is 8.87. The lowest BCUT2D eigenvalue weighted by molar-refractivity contribution is -0.139. The van der Waals surface area contributed by atoms with Crippen molar-refractivity contribution in [1.82, 2.24) is 4.57 Å². The first kappa shape index (κ1) is 29.3. The highest BCUT2D eigenvalue weighted by Gasteiger charge is 2.33. The van der Waals surface area contributed by atoms with Crippen LogP contribution in [0.2, 0.25) is 0 Å². The maximum atomic E-state index is 13.9. The van der Waals surface area contributed by atoms with E-state index < -0.39 is 12.0 Å². The number of fused-ring (bicyclic) bond motifs is 2. The number of allylic oxidation sites excluding steroid dienone is 1. The Morgan fingerprint density at radius 3 is 2.43 bits per heavy atom. The van der Waals surface area contributed by atoms with E-state index in [2.05, 4.69) is 55.2 Å². The topological polar surface area (TPSA) is 69.9 Å². The van der Waals surface area contributed by atoms with Crippen LogP contribution in [-0.2, 0) is 16.1 Å². The molecule has 0 unspecified atom stereocenters. The fraction of sp³-hybridized carbons (Fsp3) is 0.216. The molecule has 0 amide bonds. The normalized spacial score (nSPS) is 14.9. The molecule has 1 aromatic heterocycles. The van der Waals surface area contributed by atoms with Crippen molar-refractivity contribution in [2.24, 2.45) is 4.99 Å². The Bertz CT molecular complexity index is 2050. The Morgan fingerprint density at radius 1 is 0.977 bits per heavy atom. The SMILES string of the molecule is CCOC(=O)C1=C(C)N=c2s/c(=C\c3ccc(OCc4cccc5ccccc45)cc3)c(=O)n2[C@@H]1c1ccc(C(C)C)cc1. The lowest BCUT2D eigenvalue weighted by atomic mass is 9.93. The molecule has 2 heterocycles. The average molecular weight is 603 g/mol. The van der Waals surface area contributed by atoms with Crippen LogP contribution in [0.15, 0.2) is 112 Å². The summed E-state index contributed by atoms with van der Waals surface area (Å²) in [5, 5.41) is 2.36. The van der Waals surface area contributed by atoms with E-state index >= 15 is 0 Å². The predicted octanol–water partition coefficient (Wildman–Crippen LogP) is 6.65. The minimum atomic E-state index is -0.626. The zero-order valence-corrected chi connectivity index (χ0v) is 26.1. The van der Waals surface area contributed by atoms with Crippen LogP contribution in [0.4, 0.5) is 0 Å². The van der Waals surface area contributed by atoms with E-state index in [4.69, 9.17) is 9.47 Å². The van der Waals surface area contributed by atoms with E-state index in [1.807, 2.05) is 60.7 Å². The van der Waals surface area contributed by atoms with E-state index in [1.54, 1.807) is 18.4 Å². The summed E-state index contributed by atoms with van der Waals surface area (Å²) < 4.78 is 13.7. The first-order valence-electron chi connectivity index (χ1n) is 14.8. The van der Waals surface area contributed by atoms with E-state index in [0.717, 1.165) is 22.4 Å². The fourth-order valence-corrected chi connectivity index (χ4v) is 6.61. The molecule has 0 spiro atoms. The van der Waals surface area contributed by atoms with Crippen molar-refractivity contribution in [3.63, 3.8) is 0 Å². The number of rotatable bonds is 8. The molecule has 222 valence electrons. The summed E-state index contributed by atoms with van der Waals surface area (Å²) in [4.78, 5) is 32.3. The number of aromatic nitrogens is 1. The largest absolute Gasteiger partial charge is 0.489 e. The number of esters is 1. The number of benzene rings is 4. The average Bonchev–Trinajstić information content (AvgIpc) is 3.33. The molecule has 0 aliphatic carbocycles. The molecular weight excluding hydrogens is 568 g/mol. The summed E-state index contributed by atoms with van der Waals surface area (Å²) >= 11 is 1.32. The zero-order valence-electron chi connectivity index (χ0n) is 25.2. The van der Waals surface area contributed by atoms with E-state index in [9.17, 15) is 9.59 Å². The molecule has 0 fully saturated rings. The summed E-state index contributed by atoms with van der Waals surface area (Å²) in [6, 6.07) is 29.7. The molecule has 1 aliphatic rings. The van der Waals surface area contributed by atoms with Crippen molar-refractivity contribution in [3.05, 3.63) is 144 Å². The highest BCUT2D eigenvalue weighted by atomic mass is 32.1. The van der Waals surface area contributed by atoms with Crippen molar-refractivity contribution in [1.29, 1.82) is 0 Å². The Hall–Kier alpha value is -4.75. The molecule has 5 aromatic rings. The lowest BCUT2D eigenvalue weighted by Gasteiger charge is -2.25. The molecule has 1 aliphatic heterocycles. The van der Waals surface area contributed by atoms with Gasteiger partial charge in [-0.1, -0.05) is 104 Å². The maximum Gasteiger partial charge on any atom is 0.338 e. The summed E-state index contributed by atoms with van der Waals surface area (Å²) in [7, 11) is 0. The van der Waals surface area contributed by atoms with Crippen molar-refractivity contribution in [2.45, 2.75) is 46.3 Å². The Kier molecular flexibility index (Phi) is 8.31. The van der Waals surface area contributed by atoms with Gasteiger partial charge in [0.05, 0.1) is 28.5 Å². The molecule has 0 saturated carbocycles. The number of carbonyl (C=O) groups excluding carboxylic acids is 1.